The van der Waals surface area contributed by atoms with Crippen LogP contribution < -0.4 is 20.3 Å². The molecule has 0 aliphatic heterocycles. The molecule has 0 aliphatic rings. The van der Waals surface area contributed by atoms with Gasteiger partial charge in [-0.25, -0.2) is 12.8 Å². The molecule has 4 rings (SSSR count). The fourth-order valence-corrected chi connectivity index (χ4v) is 5.58. The Labute approximate surface area is 275 Å². The molecule has 0 saturated heterocycles. The molecule has 0 radical (unpaired) electrons. The van der Waals surface area contributed by atoms with Crippen molar-refractivity contribution in [2.45, 2.75) is 44.5 Å². The van der Waals surface area contributed by atoms with Gasteiger partial charge < -0.3 is 21.1 Å². The van der Waals surface area contributed by atoms with Gasteiger partial charge in [0.2, 0.25) is 10.0 Å². The first-order chi connectivity index (χ1) is 22.3. The summed E-state index contributed by atoms with van der Waals surface area (Å²) in [5.74, 6) is -1.45. The van der Waals surface area contributed by atoms with Crippen LogP contribution in [0.4, 0.5) is 10.1 Å². The molecule has 9 nitrogen and oxygen atoms in total. The van der Waals surface area contributed by atoms with E-state index < -0.39 is 34.0 Å². The average molecular weight is 661 g/mol. The zero-order chi connectivity index (χ0) is 34.1. The minimum absolute atomic E-state index is 0.0434. The molecule has 0 spiro atoms. The van der Waals surface area contributed by atoms with Gasteiger partial charge in [0.15, 0.2) is 0 Å². The third-order valence-corrected chi connectivity index (χ3v) is 9.22. The van der Waals surface area contributed by atoms with E-state index in [0.29, 0.717) is 5.56 Å². The number of anilines is 1. The summed E-state index contributed by atoms with van der Waals surface area (Å²) in [7, 11) is -2.39. The molecule has 0 bridgehead atoms. The van der Waals surface area contributed by atoms with Crippen LogP contribution in [0.3, 0.4) is 0 Å². The maximum atomic E-state index is 13.8. The Morgan fingerprint density at radius 2 is 1.36 bits per heavy atom. The lowest BCUT2D eigenvalue weighted by Crippen LogP contribution is -2.49. The van der Waals surface area contributed by atoms with E-state index >= 15 is 0 Å². The average Bonchev–Trinajstić information content (AvgIpc) is 3.06. The van der Waals surface area contributed by atoms with Gasteiger partial charge >= 0.3 is 0 Å². The number of aliphatic hydroxyl groups is 1. The van der Waals surface area contributed by atoms with Crippen molar-refractivity contribution >= 4 is 27.5 Å². The summed E-state index contributed by atoms with van der Waals surface area (Å²) in [5.41, 5.74) is 2.72. The highest BCUT2D eigenvalue weighted by Gasteiger charge is 2.25. The Bertz CT molecular complexity index is 1770. The summed E-state index contributed by atoms with van der Waals surface area (Å²) in [5, 5.41) is 20.3. The fourth-order valence-electron chi connectivity index (χ4n) is 5.09. The standard InChI is InChI=1S/C36H41FN4O5S/c1-24(28-16-11-17-31(37)20-28)38-23-34(42)33(18-26-12-7-5-8-13-26)40-36(44)30-19-29(21-32(22-30)41(3)47(4,45)46)35(43)39-25(2)27-14-9-6-10-15-27/h5-17,19-22,24-25,33-34,38,42H,18,23H2,1-4H3,(H,39,43)(H,40,44). The van der Waals surface area contributed by atoms with Crippen LogP contribution in [0.2, 0.25) is 0 Å². The van der Waals surface area contributed by atoms with E-state index in [1.807, 2.05) is 74.5 Å². The second-order valence-corrected chi connectivity index (χ2v) is 13.6. The maximum absolute atomic E-state index is 13.8. The zero-order valence-electron chi connectivity index (χ0n) is 26.9. The van der Waals surface area contributed by atoms with Gasteiger partial charge in [-0.05, 0) is 67.3 Å². The van der Waals surface area contributed by atoms with Crippen molar-refractivity contribution in [2.75, 3.05) is 24.2 Å². The van der Waals surface area contributed by atoms with Gasteiger partial charge in [-0.1, -0.05) is 72.8 Å². The molecule has 0 fully saturated rings. The van der Waals surface area contributed by atoms with Crippen molar-refractivity contribution in [2.24, 2.45) is 0 Å². The first-order valence-corrected chi connectivity index (χ1v) is 17.1. The molecule has 0 aliphatic carbocycles. The Morgan fingerprint density at radius 1 is 0.787 bits per heavy atom. The smallest absolute Gasteiger partial charge is 0.251 e. The van der Waals surface area contributed by atoms with Crippen molar-refractivity contribution in [1.82, 2.24) is 16.0 Å². The first-order valence-electron chi connectivity index (χ1n) is 15.3. The van der Waals surface area contributed by atoms with Gasteiger partial charge in [0, 0.05) is 30.8 Å². The van der Waals surface area contributed by atoms with Crippen LogP contribution in [0.5, 0.6) is 0 Å². The van der Waals surface area contributed by atoms with Crippen molar-refractivity contribution in [3.63, 3.8) is 0 Å². The number of hydrogen-bond acceptors (Lipinski definition) is 6. The van der Waals surface area contributed by atoms with Crippen molar-refractivity contribution < 1.29 is 27.5 Å². The molecule has 4 atom stereocenters. The fraction of sp³-hybridized carbons (Fsp3) is 0.278. The minimum atomic E-state index is -3.73. The zero-order valence-corrected chi connectivity index (χ0v) is 27.7. The lowest BCUT2D eigenvalue weighted by atomic mass is 9.99. The Hall–Kier alpha value is -4.58. The molecule has 2 amide bonds. The van der Waals surface area contributed by atoms with Gasteiger partial charge in [-0.2, -0.15) is 0 Å². The molecule has 0 saturated carbocycles. The summed E-state index contributed by atoms with van der Waals surface area (Å²) < 4.78 is 39.7. The van der Waals surface area contributed by atoms with E-state index in [-0.39, 0.29) is 47.7 Å². The number of nitrogens with one attached hydrogen (secondary N) is 3. The van der Waals surface area contributed by atoms with Gasteiger partial charge in [-0.15, -0.1) is 0 Å². The molecule has 0 aromatic heterocycles. The molecule has 47 heavy (non-hydrogen) atoms. The number of hydrogen-bond donors (Lipinski definition) is 4. The Morgan fingerprint density at radius 3 is 1.96 bits per heavy atom. The van der Waals surface area contributed by atoms with Gasteiger partial charge in [0.25, 0.3) is 11.8 Å². The minimum Gasteiger partial charge on any atom is -0.390 e. The number of nitrogens with zero attached hydrogens (tertiary/aromatic N) is 1. The molecular weight excluding hydrogens is 619 g/mol. The van der Waals surface area contributed by atoms with Crippen molar-refractivity contribution in [3.8, 4) is 0 Å². The van der Waals surface area contributed by atoms with E-state index in [2.05, 4.69) is 16.0 Å². The van der Waals surface area contributed by atoms with Gasteiger partial charge in [0.05, 0.1) is 30.1 Å². The number of benzene rings is 4. The number of aliphatic hydroxyl groups excluding tert-OH is 1. The van der Waals surface area contributed by atoms with Crippen LogP contribution in [0.25, 0.3) is 0 Å². The van der Waals surface area contributed by atoms with E-state index in [1.165, 1.54) is 37.4 Å². The molecule has 4 N–H and O–H groups in total. The van der Waals surface area contributed by atoms with Crippen LogP contribution in [-0.4, -0.2) is 57.3 Å². The summed E-state index contributed by atoms with van der Waals surface area (Å²) in [4.78, 5) is 27.2. The third kappa shape index (κ3) is 9.95. The predicted molar refractivity (Wildman–Crippen MR) is 182 cm³/mol. The quantitative estimate of drug-likeness (QED) is 0.154. The first kappa shape index (κ1) is 35.3. The van der Waals surface area contributed by atoms with Gasteiger partial charge in [0.1, 0.15) is 5.82 Å². The van der Waals surface area contributed by atoms with E-state index in [1.54, 1.807) is 12.1 Å². The second-order valence-electron chi connectivity index (χ2n) is 11.6. The number of carbonyl (C=O) groups is 2. The topological polar surface area (TPSA) is 128 Å². The van der Waals surface area contributed by atoms with E-state index in [0.717, 1.165) is 21.7 Å². The van der Waals surface area contributed by atoms with Crippen LogP contribution in [-0.2, 0) is 16.4 Å². The normalized spacial score (nSPS) is 14.0. The third-order valence-electron chi connectivity index (χ3n) is 8.01. The summed E-state index contributed by atoms with van der Waals surface area (Å²) in [6, 6.07) is 27.7. The van der Waals surface area contributed by atoms with Gasteiger partial charge in [-0.3, -0.25) is 13.9 Å². The molecule has 4 unspecified atom stereocenters. The lowest BCUT2D eigenvalue weighted by molar-refractivity contribution is 0.0825. The number of amides is 2. The number of rotatable bonds is 14. The van der Waals surface area contributed by atoms with Crippen LogP contribution in [0, 0.1) is 5.82 Å². The van der Waals surface area contributed by atoms with Crippen molar-refractivity contribution in [1.29, 1.82) is 0 Å². The predicted octanol–water partition coefficient (Wildman–Crippen LogP) is 4.77. The van der Waals surface area contributed by atoms with E-state index in [4.69, 9.17) is 0 Å². The number of carbonyl (C=O) groups excluding carboxylic acids is 2. The monoisotopic (exact) mass is 660 g/mol. The Balaban J connectivity index is 1.60. The van der Waals surface area contributed by atoms with Crippen LogP contribution >= 0.6 is 0 Å². The maximum Gasteiger partial charge on any atom is 0.251 e. The second kappa shape index (κ2) is 15.8. The highest BCUT2D eigenvalue weighted by atomic mass is 32.2. The largest absolute Gasteiger partial charge is 0.390 e. The SMILES string of the molecule is CC(NCC(O)C(Cc1ccccc1)NC(=O)c1cc(C(=O)NC(C)c2ccccc2)cc(N(C)S(C)(=O)=O)c1)c1cccc(F)c1. The highest BCUT2D eigenvalue weighted by Crippen LogP contribution is 2.23. The molecule has 0 heterocycles. The van der Waals surface area contributed by atoms with Crippen LogP contribution in [0.15, 0.2) is 103 Å². The summed E-state index contributed by atoms with van der Waals surface area (Å²) >= 11 is 0. The molecular formula is C36H41FN4O5S. The summed E-state index contributed by atoms with van der Waals surface area (Å²) in [6.45, 7) is 3.75. The molecule has 248 valence electrons. The Kier molecular flexibility index (Phi) is 11.9. The van der Waals surface area contributed by atoms with Crippen LogP contribution in [0.1, 0.15) is 63.3 Å². The van der Waals surface area contributed by atoms with E-state index in [9.17, 15) is 27.5 Å². The number of sulfonamides is 1. The summed E-state index contributed by atoms with van der Waals surface area (Å²) in [6.07, 6.45) is 0.252. The van der Waals surface area contributed by atoms with Crippen molar-refractivity contribution in [3.05, 3.63) is 137 Å². The molecule has 4 aromatic carbocycles. The highest BCUT2D eigenvalue weighted by molar-refractivity contribution is 7.92. The molecule has 4 aromatic rings. The lowest BCUT2D eigenvalue weighted by Gasteiger charge is -2.27. The molecule has 11 heteroatoms. The number of halogens is 1.